The molecule has 0 spiro atoms. The number of rotatable bonds is 6. The molecule has 1 aromatic heterocycles. The van der Waals surface area contributed by atoms with Crippen LogP contribution in [0, 0.1) is 5.41 Å². The maximum Gasteiger partial charge on any atom is 0.281 e. The second kappa shape index (κ2) is 9.45. The highest BCUT2D eigenvalue weighted by Gasteiger charge is 2.49. The van der Waals surface area contributed by atoms with Crippen LogP contribution in [0.2, 0.25) is 0 Å². The van der Waals surface area contributed by atoms with Crippen molar-refractivity contribution in [3.05, 3.63) is 29.5 Å². The van der Waals surface area contributed by atoms with E-state index in [1.54, 1.807) is 9.80 Å². The average molecular weight is 515 g/mol. The van der Waals surface area contributed by atoms with E-state index in [0.29, 0.717) is 31.7 Å². The van der Waals surface area contributed by atoms with Crippen LogP contribution in [0.5, 0.6) is 0 Å². The largest absolute Gasteiger partial charge is 0.494 e. The summed E-state index contributed by atoms with van der Waals surface area (Å²) in [4.78, 5) is 50.4. The molecule has 0 bridgehead atoms. The highest BCUT2D eigenvalue weighted by atomic mass is 16.3. The molecule has 200 valence electrons. The summed E-state index contributed by atoms with van der Waals surface area (Å²) in [5.74, 6) is -1.36. The van der Waals surface area contributed by atoms with E-state index in [-0.39, 0.29) is 41.1 Å². The molecule has 4 aliphatic rings. The fraction of sp³-hybridized carbons (Fsp3) is 0.625. The Hall–Kier alpha value is -3.45. The zero-order valence-electron chi connectivity index (χ0n) is 21.3. The summed E-state index contributed by atoms with van der Waals surface area (Å²) in [5, 5.41) is 28.1. The highest BCUT2D eigenvalue weighted by molar-refractivity contribution is 6.19. The molecule has 2 saturated heterocycles. The molecule has 1 saturated carbocycles. The average Bonchev–Trinajstić information content (AvgIpc) is 3.37. The SMILES string of the molecule is CC(C)(C)CN1C(O)=C(C(=O)NC2CC2)C(=O)N2NC(Nc3cnc(C(=O)N4CC[C@H](O)C4)cn3)CC12. The van der Waals surface area contributed by atoms with E-state index in [4.69, 9.17) is 0 Å². The van der Waals surface area contributed by atoms with Crippen LogP contribution < -0.4 is 16.1 Å². The molecule has 4 heterocycles. The summed E-state index contributed by atoms with van der Waals surface area (Å²) in [6.45, 7) is 7.23. The number of nitrogens with one attached hydrogen (secondary N) is 3. The van der Waals surface area contributed by atoms with Crippen molar-refractivity contribution in [2.75, 3.05) is 25.0 Å². The third kappa shape index (κ3) is 5.32. The Morgan fingerprint density at radius 1 is 1.19 bits per heavy atom. The second-order valence-corrected chi connectivity index (χ2v) is 11.3. The molecule has 2 unspecified atom stereocenters. The van der Waals surface area contributed by atoms with Gasteiger partial charge in [0.25, 0.3) is 17.7 Å². The zero-order chi connectivity index (χ0) is 26.5. The number of aliphatic hydroxyl groups is 2. The van der Waals surface area contributed by atoms with Crippen LogP contribution in [0.1, 0.15) is 56.9 Å². The summed E-state index contributed by atoms with van der Waals surface area (Å²) in [7, 11) is 0. The topological polar surface area (TPSA) is 163 Å². The van der Waals surface area contributed by atoms with Crippen LogP contribution in [0.15, 0.2) is 23.8 Å². The third-order valence-electron chi connectivity index (χ3n) is 6.76. The van der Waals surface area contributed by atoms with Gasteiger partial charge in [-0.05, 0) is 24.7 Å². The normalized spacial score (nSPS) is 26.0. The van der Waals surface area contributed by atoms with E-state index in [9.17, 15) is 24.6 Å². The summed E-state index contributed by atoms with van der Waals surface area (Å²) in [5.41, 5.74) is 2.80. The lowest BCUT2D eigenvalue weighted by Crippen LogP contribution is -2.58. The lowest BCUT2D eigenvalue weighted by Gasteiger charge is -2.42. The molecule has 5 rings (SSSR count). The van der Waals surface area contributed by atoms with Crippen molar-refractivity contribution in [2.45, 2.75) is 70.9 Å². The van der Waals surface area contributed by atoms with Gasteiger partial charge in [-0.3, -0.25) is 14.4 Å². The van der Waals surface area contributed by atoms with Gasteiger partial charge < -0.3 is 30.6 Å². The first-order chi connectivity index (χ1) is 17.5. The third-order valence-corrected chi connectivity index (χ3v) is 6.76. The number of anilines is 1. The maximum absolute atomic E-state index is 13.3. The molecule has 3 atom stereocenters. The molecule has 13 nitrogen and oxygen atoms in total. The van der Waals surface area contributed by atoms with E-state index in [1.807, 2.05) is 20.8 Å². The van der Waals surface area contributed by atoms with Gasteiger partial charge in [-0.2, -0.15) is 0 Å². The number of hydrazine groups is 1. The van der Waals surface area contributed by atoms with Crippen molar-refractivity contribution in [3.8, 4) is 0 Å². The molecule has 13 heteroatoms. The number of hydrogen-bond donors (Lipinski definition) is 5. The van der Waals surface area contributed by atoms with E-state index < -0.39 is 30.2 Å². The Kier molecular flexibility index (Phi) is 6.44. The number of aliphatic hydroxyl groups excluding tert-OH is 2. The molecule has 5 N–H and O–H groups in total. The minimum Gasteiger partial charge on any atom is -0.494 e. The van der Waals surface area contributed by atoms with Gasteiger partial charge in [-0.15, -0.1) is 0 Å². The van der Waals surface area contributed by atoms with Gasteiger partial charge in [-0.25, -0.2) is 20.4 Å². The molecule has 0 aromatic carbocycles. The number of aromatic nitrogens is 2. The van der Waals surface area contributed by atoms with Crippen molar-refractivity contribution in [3.63, 3.8) is 0 Å². The van der Waals surface area contributed by atoms with Gasteiger partial charge in [0, 0.05) is 32.1 Å². The van der Waals surface area contributed by atoms with Crippen LogP contribution in [0.3, 0.4) is 0 Å². The van der Waals surface area contributed by atoms with Crippen LogP contribution in [0.25, 0.3) is 0 Å². The van der Waals surface area contributed by atoms with Gasteiger partial charge >= 0.3 is 0 Å². The minimum atomic E-state index is -0.588. The van der Waals surface area contributed by atoms with Gasteiger partial charge in [0.1, 0.15) is 17.7 Å². The van der Waals surface area contributed by atoms with Crippen molar-refractivity contribution in [1.29, 1.82) is 0 Å². The smallest absolute Gasteiger partial charge is 0.281 e. The summed E-state index contributed by atoms with van der Waals surface area (Å²) >= 11 is 0. The number of carbonyl (C=O) groups is 3. The summed E-state index contributed by atoms with van der Waals surface area (Å²) < 4.78 is 0. The van der Waals surface area contributed by atoms with Gasteiger partial charge in [0.15, 0.2) is 5.57 Å². The van der Waals surface area contributed by atoms with Gasteiger partial charge in [0.05, 0.1) is 24.7 Å². The number of β-amino-alcohol motifs (C(OH)–C–C–N with tert-alkyl or cyclic N) is 1. The van der Waals surface area contributed by atoms with E-state index in [2.05, 4.69) is 26.0 Å². The number of amides is 3. The Morgan fingerprint density at radius 2 is 1.95 bits per heavy atom. The molecule has 3 fully saturated rings. The summed E-state index contributed by atoms with van der Waals surface area (Å²) in [6, 6.07) is 0.0410. The minimum absolute atomic E-state index is 0.0410. The predicted molar refractivity (Wildman–Crippen MR) is 131 cm³/mol. The van der Waals surface area contributed by atoms with E-state index in [1.165, 1.54) is 17.4 Å². The highest BCUT2D eigenvalue weighted by Crippen LogP contribution is 2.33. The van der Waals surface area contributed by atoms with Gasteiger partial charge in [-0.1, -0.05) is 20.8 Å². The molecule has 37 heavy (non-hydrogen) atoms. The molecule has 1 aliphatic carbocycles. The number of hydrogen-bond acceptors (Lipinski definition) is 10. The predicted octanol–water partition coefficient (Wildman–Crippen LogP) is -0.106. The number of carbonyl (C=O) groups excluding carboxylic acids is 3. The van der Waals surface area contributed by atoms with E-state index >= 15 is 0 Å². The second-order valence-electron chi connectivity index (χ2n) is 11.3. The Bertz CT molecular complexity index is 1110. The number of nitrogens with zero attached hydrogens (tertiary/aromatic N) is 5. The Balaban J connectivity index is 1.30. The molecular formula is C24H34N8O5. The molecule has 1 aromatic rings. The maximum atomic E-state index is 13.3. The Morgan fingerprint density at radius 3 is 2.54 bits per heavy atom. The first-order valence-electron chi connectivity index (χ1n) is 12.7. The van der Waals surface area contributed by atoms with Crippen molar-refractivity contribution < 1.29 is 24.6 Å². The van der Waals surface area contributed by atoms with Gasteiger partial charge in [0.2, 0.25) is 5.88 Å². The molecule has 3 aliphatic heterocycles. The standard InChI is InChI=1S/C24H34N8O5/c1-24(2,3)12-31-18-8-16(29-32(18)23(37)19(22(31)36)20(34)27-13-4-5-13)28-17-10-25-15(9-26-17)21(35)30-7-6-14(33)11-30/h9-10,13-14,16,18,29,33,36H,4-8,11-12H2,1-3H3,(H,26,28)(H,27,34)/t14-,16?,18?/m0/s1. The molecule has 3 amide bonds. The van der Waals surface area contributed by atoms with Crippen molar-refractivity contribution in [2.24, 2.45) is 5.41 Å². The van der Waals surface area contributed by atoms with Crippen LogP contribution in [0.4, 0.5) is 5.82 Å². The van der Waals surface area contributed by atoms with Crippen LogP contribution in [-0.4, -0.2) is 96.8 Å². The first-order valence-corrected chi connectivity index (χ1v) is 12.7. The van der Waals surface area contributed by atoms with Crippen LogP contribution >= 0.6 is 0 Å². The zero-order valence-corrected chi connectivity index (χ0v) is 21.3. The quantitative estimate of drug-likeness (QED) is 0.324. The fourth-order valence-electron chi connectivity index (χ4n) is 4.83. The Labute approximate surface area is 214 Å². The number of likely N-dealkylation sites (tertiary alicyclic amines) is 1. The lowest BCUT2D eigenvalue weighted by atomic mass is 9.95. The first kappa shape index (κ1) is 25.2. The van der Waals surface area contributed by atoms with Crippen LogP contribution in [-0.2, 0) is 9.59 Å². The lowest BCUT2D eigenvalue weighted by molar-refractivity contribution is -0.142. The van der Waals surface area contributed by atoms with Crippen molar-refractivity contribution in [1.82, 2.24) is 35.5 Å². The van der Waals surface area contributed by atoms with Crippen molar-refractivity contribution >= 4 is 23.5 Å². The molecular weight excluding hydrogens is 480 g/mol. The summed E-state index contributed by atoms with van der Waals surface area (Å²) in [6.07, 6.45) is 4.01. The number of fused-ring (bicyclic) bond motifs is 1. The fourth-order valence-corrected chi connectivity index (χ4v) is 4.83. The monoisotopic (exact) mass is 514 g/mol. The van der Waals surface area contributed by atoms with E-state index in [0.717, 1.165) is 12.8 Å². The molecule has 0 radical (unpaired) electrons.